The number of amides is 1. The van der Waals surface area contributed by atoms with Crippen molar-refractivity contribution in [2.24, 2.45) is 21.6 Å². The van der Waals surface area contributed by atoms with E-state index >= 15 is 0 Å². The summed E-state index contributed by atoms with van der Waals surface area (Å²) in [6.07, 6.45) is 1.94. The van der Waals surface area contributed by atoms with Crippen LogP contribution in [0.2, 0.25) is 0 Å². The van der Waals surface area contributed by atoms with Crippen LogP contribution in [0.3, 0.4) is 0 Å². The van der Waals surface area contributed by atoms with Gasteiger partial charge in [-0.1, -0.05) is 6.92 Å². The summed E-state index contributed by atoms with van der Waals surface area (Å²) in [6, 6.07) is 0. The third-order valence-corrected chi connectivity index (χ3v) is 3.60. The molecule has 2 rings (SSSR count). The number of nitrogens with zero attached hydrogens (tertiary/aromatic N) is 1. The lowest BCUT2D eigenvalue weighted by molar-refractivity contribution is -0.136. The monoisotopic (exact) mass is 152 g/mol. The van der Waals surface area contributed by atoms with Gasteiger partial charge < -0.3 is 5.73 Å². The quantitative estimate of drug-likeness (QED) is 0.555. The van der Waals surface area contributed by atoms with Crippen molar-refractivity contribution in [3.63, 3.8) is 0 Å². The minimum absolute atomic E-state index is 0.0243. The first-order chi connectivity index (χ1) is 5.01. The number of rotatable bonds is 0. The van der Waals surface area contributed by atoms with Crippen LogP contribution in [0, 0.1) is 10.8 Å². The number of nitrogens with two attached hydrogens (primary N) is 1. The molecule has 0 unspecified atom stereocenters. The molecule has 0 radical (unpaired) electrons. The second-order valence-corrected chi connectivity index (χ2v) is 3.97. The average Bonchev–Trinajstić information content (AvgIpc) is 2.05. The number of hydrogen-bond donors (Lipinski definition) is 1. The smallest absolute Gasteiger partial charge is 0.254 e. The zero-order valence-corrected chi connectivity index (χ0v) is 6.85. The van der Waals surface area contributed by atoms with Gasteiger partial charge in [0, 0.05) is 5.41 Å². The van der Waals surface area contributed by atoms with Gasteiger partial charge in [0.2, 0.25) is 0 Å². The highest BCUT2D eigenvalue weighted by molar-refractivity contribution is 6.09. The van der Waals surface area contributed by atoms with Crippen LogP contribution in [0.25, 0.3) is 0 Å². The van der Waals surface area contributed by atoms with Gasteiger partial charge >= 0.3 is 0 Å². The molecule has 1 saturated carbocycles. The van der Waals surface area contributed by atoms with E-state index in [1.807, 2.05) is 13.8 Å². The summed E-state index contributed by atoms with van der Waals surface area (Å²) in [5.41, 5.74) is 5.27. The van der Waals surface area contributed by atoms with Crippen LogP contribution in [0.5, 0.6) is 0 Å². The summed E-state index contributed by atoms with van der Waals surface area (Å²) >= 11 is 0. The predicted molar refractivity (Wildman–Crippen MR) is 42.1 cm³/mol. The fourth-order valence-corrected chi connectivity index (χ4v) is 1.98. The van der Waals surface area contributed by atoms with Crippen molar-refractivity contribution in [2.75, 3.05) is 0 Å². The molecule has 2 aliphatic rings. The normalized spacial score (nSPS) is 48.2. The van der Waals surface area contributed by atoms with Crippen molar-refractivity contribution in [3.8, 4) is 0 Å². The molecular weight excluding hydrogens is 140 g/mol. The first kappa shape index (κ1) is 6.83. The predicted octanol–water partition coefficient (Wildman–Crippen LogP) is 0.690. The Morgan fingerprint density at radius 1 is 1.36 bits per heavy atom. The molecule has 0 aromatic carbocycles. The molecule has 3 heteroatoms. The Labute approximate surface area is 65.7 Å². The summed E-state index contributed by atoms with van der Waals surface area (Å²) in [5, 5.41) is 0. The van der Waals surface area contributed by atoms with E-state index in [0.29, 0.717) is 5.84 Å². The molecule has 2 atom stereocenters. The number of carbonyl (C=O) groups is 1. The summed E-state index contributed by atoms with van der Waals surface area (Å²) < 4.78 is 0. The zero-order chi connectivity index (χ0) is 8.28. The number of carbonyl (C=O) groups excluding carboxylic acids is 1. The summed E-state index contributed by atoms with van der Waals surface area (Å²) in [4.78, 5) is 15.1. The first-order valence-electron chi connectivity index (χ1n) is 3.90. The summed E-state index contributed by atoms with van der Waals surface area (Å²) in [5.74, 6) is 0.514. The van der Waals surface area contributed by atoms with E-state index in [4.69, 9.17) is 5.73 Å². The lowest BCUT2D eigenvalue weighted by Gasteiger charge is -2.49. The fourth-order valence-electron chi connectivity index (χ4n) is 1.98. The van der Waals surface area contributed by atoms with Gasteiger partial charge in [-0.05, 0) is 19.8 Å². The van der Waals surface area contributed by atoms with Crippen molar-refractivity contribution in [1.82, 2.24) is 0 Å². The van der Waals surface area contributed by atoms with Crippen molar-refractivity contribution >= 4 is 11.7 Å². The average molecular weight is 152 g/mol. The van der Waals surface area contributed by atoms with Crippen molar-refractivity contribution < 1.29 is 4.79 Å². The fraction of sp³-hybridized carbons (Fsp3) is 0.750. The van der Waals surface area contributed by atoms with Crippen LogP contribution in [-0.4, -0.2) is 11.7 Å². The van der Waals surface area contributed by atoms with E-state index in [9.17, 15) is 4.79 Å². The second kappa shape index (κ2) is 1.49. The number of aliphatic imine (C=N–C) groups is 1. The molecule has 0 spiro atoms. The number of amidine groups is 1. The van der Waals surface area contributed by atoms with E-state index in [1.54, 1.807) is 0 Å². The lowest BCUT2D eigenvalue weighted by atomic mass is 9.52. The molecule has 11 heavy (non-hydrogen) atoms. The topological polar surface area (TPSA) is 55.4 Å². The van der Waals surface area contributed by atoms with Crippen LogP contribution in [0.1, 0.15) is 26.7 Å². The molecule has 0 aromatic rings. The minimum Gasteiger partial charge on any atom is -0.387 e. The van der Waals surface area contributed by atoms with Crippen LogP contribution < -0.4 is 5.73 Å². The maximum atomic E-state index is 11.3. The van der Waals surface area contributed by atoms with E-state index in [0.717, 1.165) is 12.8 Å². The largest absolute Gasteiger partial charge is 0.387 e. The van der Waals surface area contributed by atoms with E-state index in [2.05, 4.69) is 4.99 Å². The molecule has 0 saturated heterocycles. The van der Waals surface area contributed by atoms with Gasteiger partial charge in [0.25, 0.3) is 5.91 Å². The maximum Gasteiger partial charge on any atom is 0.254 e. The Morgan fingerprint density at radius 2 is 1.91 bits per heavy atom. The van der Waals surface area contributed by atoms with Crippen LogP contribution in [0.4, 0.5) is 0 Å². The maximum absolute atomic E-state index is 11.3. The van der Waals surface area contributed by atoms with Crippen molar-refractivity contribution in [1.29, 1.82) is 0 Å². The van der Waals surface area contributed by atoms with Gasteiger partial charge in [-0.15, -0.1) is 0 Å². The molecular formula is C8H12N2O. The Morgan fingerprint density at radius 3 is 2.09 bits per heavy atom. The molecule has 3 nitrogen and oxygen atoms in total. The third-order valence-electron chi connectivity index (χ3n) is 3.60. The Kier molecular flexibility index (Phi) is 0.926. The highest BCUT2D eigenvalue weighted by Gasteiger charge is 2.63. The van der Waals surface area contributed by atoms with Gasteiger partial charge in [-0.25, -0.2) is 0 Å². The standard InChI is InChI=1S/C8H12N2O/c1-7-3-4-8(7,2)6(11)10-5(7)9/h3-4H2,1-2H3,(H2,9,10,11)/t7-,8+/m1/s1. The first-order valence-corrected chi connectivity index (χ1v) is 3.90. The second-order valence-electron chi connectivity index (χ2n) is 3.97. The molecule has 1 heterocycles. The Bertz CT molecular complexity index is 271. The molecule has 1 fully saturated rings. The summed E-state index contributed by atoms with van der Waals surface area (Å²) in [7, 11) is 0. The van der Waals surface area contributed by atoms with Gasteiger partial charge in [-0.3, -0.25) is 4.79 Å². The third kappa shape index (κ3) is 0.481. The lowest BCUT2D eigenvalue weighted by Crippen LogP contribution is -2.53. The zero-order valence-electron chi connectivity index (χ0n) is 6.85. The van der Waals surface area contributed by atoms with Gasteiger partial charge in [0.1, 0.15) is 5.84 Å². The van der Waals surface area contributed by atoms with Crippen LogP contribution in [-0.2, 0) is 4.79 Å². The molecule has 1 aliphatic carbocycles. The molecule has 1 amide bonds. The van der Waals surface area contributed by atoms with E-state index in [1.165, 1.54) is 0 Å². The van der Waals surface area contributed by atoms with Gasteiger partial charge in [0.15, 0.2) is 0 Å². The Balaban J connectivity index is 2.49. The van der Waals surface area contributed by atoms with Crippen LogP contribution in [0.15, 0.2) is 4.99 Å². The van der Waals surface area contributed by atoms with Crippen molar-refractivity contribution in [2.45, 2.75) is 26.7 Å². The molecule has 60 valence electrons. The van der Waals surface area contributed by atoms with Crippen molar-refractivity contribution in [3.05, 3.63) is 0 Å². The van der Waals surface area contributed by atoms with E-state index in [-0.39, 0.29) is 16.7 Å². The molecule has 1 aliphatic heterocycles. The highest BCUT2D eigenvalue weighted by Crippen LogP contribution is 2.60. The van der Waals surface area contributed by atoms with E-state index < -0.39 is 0 Å². The molecule has 0 bridgehead atoms. The Hall–Kier alpha value is -0.860. The number of hydrogen-bond acceptors (Lipinski definition) is 2. The van der Waals surface area contributed by atoms with Gasteiger partial charge in [0.05, 0.1) is 5.41 Å². The SMILES string of the molecule is C[C@@]12CC[C@]1(C)C(N)=NC2=O. The summed E-state index contributed by atoms with van der Waals surface area (Å²) in [6.45, 7) is 3.99. The molecule has 2 N–H and O–H groups in total. The number of fused-ring (bicyclic) bond motifs is 1. The minimum atomic E-state index is -0.267. The van der Waals surface area contributed by atoms with Gasteiger partial charge in [-0.2, -0.15) is 4.99 Å². The van der Waals surface area contributed by atoms with Crippen LogP contribution >= 0.6 is 0 Å². The molecule has 0 aromatic heterocycles. The highest BCUT2D eigenvalue weighted by atomic mass is 16.2.